The Balaban J connectivity index is 2.58. The molecule has 0 spiro atoms. The summed E-state index contributed by atoms with van der Waals surface area (Å²) in [4.78, 5) is 0. The fourth-order valence-corrected chi connectivity index (χ4v) is 1.32. The van der Waals surface area contributed by atoms with E-state index in [0.717, 1.165) is 25.3 Å². The van der Waals surface area contributed by atoms with Gasteiger partial charge < -0.3 is 5.32 Å². The summed E-state index contributed by atoms with van der Waals surface area (Å²) in [6.07, 6.45) is 1.86. The highest BCUT2D eigenvalue weighted by Crippen LogP contribution is 2.02. The van der Waals surface area contributed by atoms with Gasteiger partial charge in [0.2, 0.25) is 0 Å². The van der Waals surface area contributed by atoms with Gasteiger partial charge in [-0.15, -0.1) is 6.58 Å². The fraction of sp³-hybridized carbons (Fsp3) is 0.500. The molecule has 1 N–H and O–H groups in total. The number of rotatable bonds is 5. The van der Waals surface area contributed by atoms with Crippen molar-refractivity contribution in [3.63, 3.8) is 0 Å². The molecular formula is C10H17N3. The Morgan fingerprint density at radius 3 is 3.08 bits per heavy atom. The maximum absolute atomic E-state index is 4.36. The minimum Gasteiger partial charge on any atom is -0.308 e. The topological polar surface area (TPSA) is 29.9 Å². The van der Waals surface area contributed by atoms with E-state index < -0.39 is 0 Å². The van der Waals surface area contributed by atoms with Crippen molar-refractivity contribution in [3.8, 4) is 0 Å². The van der Waals surface area contributed by atoms with E-state index in [1.165, 1.54) is 5.69 Å². The number of hydrogen-bond donors (Lipinski definition) is 1. The van der Waals surface area contributed by atoms with Crippen molar-refractivity contribution < 1.29 is 0 Å². The van der Waals surface area contributed by atoms with E-state index in [1.54, 1.807) is 0 Å². The molecular weight excluding hydrogens is 162 g/mol. The smallest absolute Gasteiger partial charge is 0.0597 e. The molecule has 0 aliphatic carbocycles. The van der Waals surface area contributed by atoms with Crippen LogP contribution < -0.4 is 5.32 Å². The number of nitrogens with zero attached hydrogens (tertiary/aromatic N) is 2. The van der Waals surface area contributed by atoms with Crippen LogP contribution in [0.1, 0.15) is 18.3 Å². The molecule has 0 saturated carbocycles. The van der Waals surface area contributed by atoms with E-state index >= 15 is 0 Å². The summed E-state index contributed by atoms with van der Waals surface area (Å²) in [5.74, 6) is 0. The quantitative estimate of drug-likeness (QED) is 0.548. The van der Waals surface area contributed by atoms with Crippen molar-refractivity contribution in [2.75, 3.05) is 6.54 Å². The molecule has 0 radical (unpaired) electrons. The van der Waals surface area contributed by atoms with Crippen LogP contribution in [0.15, 0.2) is 18.7 Å². The van der Waals surface area contributed by atoms with Crippen LogP contribution in [0.5, 0.6) is 0 Å². The van der Waals surface area contributed by atoms with E-state index in [9.17, 15) is 0 Å². The van der Waals surface area contributed by atoms with E-state index in [4.69, 9.17) is 0 Å². The molecule has 0 amide bonds. The molecule has 1 aromatic heterocycles. The first-order valence-electron chi connectivity index (χ1n) is 4.63. The Hall–Kier alpha value is -1.09. The van der Waals surface area contributed by atoms with Crippen molar-refractivity contribution >= 4 is 0 Å². The first kappa shape index (κ1) is 9.99. The summed E-state index contributed by atoms with van der Waals surface area (Å²) in [6, 6.07) is 2.11. The second-order valence-electron chi connectivity index (χ2n) is 3.01. The van der Waals surface area contributed by atoms with Gasteiger partial charge in [0, 0.05) is 19.6 Å². The molecule has 1 rings (SSSR count). The van der Waals surface area contributed by atoms with Crippen LogP contribution in [0.25, 0.3) is 0 Å². The van der Waals surface area contributed by atoms with E-state index in [0.29, 0.717) is 0 Å². The normalized spacial score (nSPS) is 10.3. The SMILES string of the molecule is C=CCNCc1cc(C)nn1CC. The molecule has 0 aliphatic rings. The first-order valence-corrected chi connectivity index (χ1v) is 4.63. The standard InChI is InChI=1S/C10H17N3/c1-4-6-11-8-10-7-9(3)12-13(10)5-2/h4,7,11H,1,5-6,8H2,2-3H3. The van der Waals surface area contributed by atoms with Gasteiger partial charge in [0.1, 0.15) is 0 Å². The predicted molar refractivity (Wildman–Crippen MR) is 54.5 cm³/mol. The zero-order valence-electron chi connectivity index (χ0n) is 8.38. The molecule has 13 heavy (non-hydrogen) atoms. The average Bonchev–Trinajstić information content (AvgIpc) is 2.47. The van der Waals surface area contributed by atoms with Gasteiger partial charge in [0.25, 0.3) is 0 Å². The lowest BCUT2D eigenvalue weighted by atomic mass is 10.3. The third-order valence-corrected chi connectivity index (χ3v) is 1.88. The van der Waals surface area contributed by atoms with Crippen LogP contribution in [0.3, 0.4) is 0 Å². The van der Waals surface area contributed by atoms with Gasteiger partial charge in [-0.3, -0.25) is 4.68 Å². The van der Waals surface area contributed by atoms with E-state index in [1.807, 2.05) is 17.7 Å². The second-order valence-corrected chi connectivity index (χ2v) is 3.01. The van der Waals surface area contributed by atoms with Crippen molar-refractivity contribution in [2.24, 2.45) is 0 Å². The molecule has 3 heteroatoms. The fourth-order valence-electron chi connectivity index (χ4n) is 1.32. The predicted octanol–water partition coefficient (Wildman–Crippen LogP) is 1.49. The lowest BCUT2D eigenvalue weighted by molar-refractivity contribution is 0.592. The molecule has 1 heterocycles. The van der Waals surface area contributed by atoms with Gasteiger partial charge in [-0.2, -0.15) is 5.10 Å². The van der Waals surface area contributed by atoms with Crippen molar-refractivity contribution in [1.82, 2.24) is 15.1 Å². The van der Waals surface area contributed by atoms with Crippen LogP contribution in [-0.4, -0.2) is 16.3 Å². The van der Waals surface area contributed by atoms with E-state index in [-0.39, 0.29) is 0 Å². The summed E-state index contributed by atoms with van der Waals surface area (Å²) >= 11 is 0. The second kappa shape index (κ2) is 4.82. The lowest BCUT2D eigenvalue weighted by Gasteiger charge is -2.04. The summed E-state index contributed by atoms with van der Waals surface area (Å²) in [7, 11) is 0. The van der Waals surface area contributed by atoms with Crippen molar-refractivity contribution in [2.45, 2.75) is 26.9 Å². The Kier molecular flexibility index (Phi) is 3.71. The number of nitrogens with one attached hydrogen (secondary N) is 1. The monoisotopic (exact) mass is 179 g/mol. The van der Waals surface area contributed by atoms with Gasteiger partial charge >= 0.3 is 0 Å². The number of hydrogen-bond acceptors (Lipinski definition) is 2. The molecule has 72 valence electrons. The summed E-state index contributed by atoms with van der Waals surface area (Å²) in [6.45, 7) is 10.4. The van der Waals surface area contributed by atoms with Crippen LogP contribution in [-0.2, 0) is 13.1 Å². The molecule has 0 atom stereocenters. The van der Waals surface area contributed by atoms with E-state index in [2.05, 4.69) is 30.0 Å². The third kappa shape index (κ3) is 2.70. The van der Waals surface area contributed by atoms with Crippen LogP contribution in [0.2, 0.25) is 0 Å². The maximum atomic E-state index is 4.36. The molecule has 3 nitrogen and oxygen atoms in total. The number of aryl methyl sites for hydroxylation is 2. The zero-order chi connectivity index (χ0) is 9.68. The summed E-state index contributed by atoms with van der Waals surface area (Å²) in [5.41, 5.74) is 2.32. The molecule has 0 aromatic carbocycles. The van der Waals surface area contributed by atoms with Gasteiger partial charge in [-0.05, 0) is 19.9 Å². The maximum Gasteiger partial charge on any atom is 0.0597 e. The first-order chi connectivity index (χ1) is 6.27. The highest BCUT2D eigenvalue weighted by atomic mass is 15.3. The minimum absolute atomic E-state index is 0.841. The van der Waals surface area contributed by atoms with Gasteiger partial charge in [0.05, 0.1) is 11.4 Å². The highest BCUT2D eigenvalue weighted by molar-refractivity contribution is 5.08. The highest BCUT2D eigenvalue weighted by Gasteiger charge is 2.01. The van der Waals surface area contributed by atoms with Gasteiger partial charge in [-0.1, -0.05) is 6.08 Å². The molecule has 0 fully saturated rings. The van der Waals surface area contributed by atoms with Crippen molar-refractivity contribution in [1.29, 1.82) is 0 Å². The lowest BCUT2D eigenvalue weighted by Crippen LogP contribution is -2.16. The summed E-state index contributed by atoms with van der Waals surface area (Å²) < 4.78 is 2.02. The van der Waals surface area contributed by atoms with Gasteiger partial charge in [0.15, 0.2) is 0 Å². The van der Waals surface area contributed by atoms with Crippen molar-refractivity contribution in [3.05, 3.63) is 30.1 Å². The number of aromatic nitrogens is 2. The minimum atomic E-state index is 0.841. The Labute approximate surface area is 79.5 Å². The molecule has 0 aliphatic heterocycles. The largest absolute Gasteiger partial charge is 0.308 e. The van der Waals surface area contributed by atoms with Crippen LogP contribution >= 0.6 is 0 Å². The Morgan fingerprint density at radius 1 is 1.69 bits per heavy atom. The third-order valence-electron chi connectivity index (χ3n) is 1.88. The molecule has 1 aromatic rings. The zero-order valence-corrected chi connectivity index (χ0v) is 8.38. The van der Waals surface area contributed by atoms with Crippen LogP contribution in [0.4, 0.5) is 0 Å². The summed E-state index contributed by atoms with van der Waals surface area (Å²) in [5, 5.41) is 7.62. The molecule has 0 unspecified atom stereocenters. The average molecular weight is 179 g/mol. The Bertz CT molecular complexity index is 276. The van der Waals surface area contributed by atoms with Crippen LogP contribution in [0, 0.1) is 6.92 Å². The van der Waals surface area contributed by atoms with Gasteiger partial charge in [-0.25, -0.2) is 0 Å². The Morgan fingerprint density at radius 2 is 2.46 bits per heavy atom. The molecule has 0 bridgehead atoms. The molecule has 0 saturated heterocycles.